The number of thioether (sulfide) groups is 1. The molecule has 2 aromatic carbocycles. The lowest BCUT2D eigenvalue weighted by atomic mass is 10.0. The van der Waals surface area contributed by atoms with Crippen molar-refractivity contribution in [2.45, 2.75) is 17.0 Å². The number of benzene rings is 2. The summed E-state index contributed by atoms with van der Waals surface area (Å²) in [6.45, 7) is 1.83. The number of halogens is 2. The van der Waals surface area contributed by atoms with Crippen molar-refractivity contribution in [3.63, 3.8) is 0 Å². The molecule has 2 amide bonds. The molecule has 7 heteroatoms. The maximum absolute atomic E-state index is 12.9. The summed E-state index contributed by atoms with van der Waals surface area (Å²) in [7, 11) is 0. The first-order chi connectivity index (χ1) is 11.4. The fourth-order valence-corrected chi connectivity index (χ4v) is 5.13. The van der Waals surface area contributed by atoms with Crippen LogP contribution in [0.25, 0.3) is 0 Å². The second-order valence-corrected chi connectivity index (χ2v) is 8.58. The standard InChI is InChI=1S/C17H12BrClN2O2S/c1-9-15(22)21(12-5-3-11(19)4-6-12)17(24-9)13-8-10(18)2-7-14(13)20-16(17)23/h2-9H,1H3,(H,20,23)/t9-,17+/m1/s1. The smallest absolute Gasteiger partial charge is 0.266 e. The highest BCUT2D eigenvalue weighted by Crippen LogP contribution is 2.56. The summed E-state index contributed by atoms with van der Waals surface area (Å²) in [5.74, 6) is -0.293. The van der Waals surface area contributed by atoms with Gasteiger partial charge in [-0.05, 0) is 49.4 Å². The van der Waals surface area contributed by atoms with Crippen LogP contribution in [0.3, 0.4) is 0 Å². The first-order valence-electron chi connectivity index (χ1n) is 7.32. The molecule has 0 saturated carbocycles. The molecule has 2 atom stereocenters. The van der Waals surface area contributed by atoms with E-state index in [2.05, 4.69) is 21.2 Å². The summed E-state index contributed by atoms with van der Waals surface area (Å²) in [6, 6.07) is 12.6. The van der Waals surface area contributed by atoms with Gasteiger partial charge in [-0.2, -0.15) is 0 Å². The minimum Gasteiger partial charge on any atom is -0.323 e. The van der Waals surface area contributed by atoms with Crippen LogP contribution in [0.5, 0.6) is 0 Å². The van der Waals surface area contributed by atoms with Gasteiger partial charge in [0.1, 0.15) is 0 Å². The lowest BCUT2D eigenvalue weighted by Crippen LogP contribution is -2.47. The number of carbonyl (C=O) groups excluding carboxylic acids is 2. The summed E-state index contributed by atoms with van der Waals surface area (Å²) in [6.07, 6.45) is 0. The highest BCUT2D eigenvalue weighted by Gasteiger charge is 2.60. The van der Waals surface area contributed by atoms with E-state index >= 15 is 0 Å². The quantitative estimate of drug-likeness (QED) is 0.741. The highest BCUT2D eigenvalue weighted by atomic mass is 79.9. The number of nitrogens with one attached hydrogen (secondary N) is 1. The van der Waals surface area contributed by atoms with Crippen molar-refractivity contribution in [2.24, 2.45) is 0 Å². The Hall–Kier alpha value is -1.50. The molecule has 1 fully saturated rings. The van der Waals surface area contributed by atoms with E-state index in [1.165, 1.54) is 11.8 Å². The number of fused-ring (bicyclic) bond motifs is 2. The molecule has 4 nitrogen and oxygen atoms in total. The Labute approximate surface area is 156 Å². The Kier molecular flexibility index (Phi) is 3.67. The second-order valence-electron chi connectivity index (χ2n) is 5.70. The van der Waals surface area contributed by atoms with Gasteiger partial charge in [0, 0.05) is 26.4 Å². The maximum Gasteiger partial charge on any atom is 0.266 e. The number of carbonyl (C=O) groups is 2. The van der Waals surface area contributed by atoms with Gasteiger partial charge in [0.05, 0.1) is 5.25 Å². The van der Waals surface area contributed by atoms with Gasteiger partial charge in [-0.1, -0.05) is 27.5 Å². The third-order valence-electron chi connectivity index (χ3n) is 4.22. The molecule has 1 N–H and O–H groups in total. The number of rotatable bonds is 1. The summed E-state index contributed by atoms with van der Waals surface area (Å²) in [5.41, 5.74) is 2.18. The van der Waals surface area contributed by atoms with E-state index in [4.69, 9.17) is 11.6 Å². The Balaban J connectivity index is 1.95. The summed E-state index contributed by atoms with van der Waals surface area (Å²) < 4.78 is 0.862. The van der Waals surface area contributed by atoms with Crippen LogP contribution in [-0.4, -0.2) is 17.1 Å². The van der Waals surface area contributed by atoms with Gasteiger partial charge in [-0.3, -0.25) is 14.5 Å². The van der Waals surface area contributed by atoms with Crippen LogP contribution in [0.15, 0.2) is 46.9 Å². The molecule has 0 unspecified atom stereocenters. The van der Waals surface area contributed by atoms with Crippen molar-refractivity contribution in [2.75, 3.05) is 10.2 Å². The molecular formula is C17H12BrClN2O2S. The van der Waals surface area contributed by atoms with E-state index in [-0.39, 0.29) is 17.1 Å². The minimum atomic E-state index is -1.09. The van der Waals surface area contributed by atoms with Crippen molar-refractivity contribution < 1.29 is 9.59 Å². The summed E-state index contributed by atoms with van der Waals surface area (Å²) in [4.78, 5) is 26.3. The molecule has 2 aliphatic heterocycles. The SMILES string of the molecule is C[C@H]1S[C@@]2(C(=O)Nc3ccc(Br)cc32)N(c2ccc(Cl)cc2)C1=O. The molecule has 24 heavy (non-hydrogen) atoms. The Morgan fingerprint density at radius 2 is 1.92 bits per heavy atom. The fourth-order valence-electron chi connectivity index (χ4n) is 3.17. The molecule has 0 aliphatic carbocycles. The Morgan fingerprint density at radius 3 is 2.62 bits per heavy atom. The van der Waals surface area contributed by atoms with Crippen molar-refractivity contribution in [1.29, 1.82) is 0 Å². The third kappa shape index (κ3) is 2.13. The highest BCUT2D eigenvalue weighted by molar-refractivity contribution is 9.10. The normalized spacial score (nSPS) is 25.3. The monoisotopic (exact) mass is 422 g/mol. The predicted molar refractivity (Wildman–Crippen MR) is 100 cm³/mol. The topological polar surface area (TPSA) is 49.4 Å². The van der Waals surface area contributed by atoms with Crippen LogP contribution in [0.1, 0.15) is 12.5 Å². The van der Waals surface area contributed by atoms with Crippen molar-refractivity contribution in [1.82, 2.24) is 0 Å². The van der Waals surface area contributed by atoms with Gasteiger partial charge >= 0.3 is 0 Å². The van der Waals surface area contributed by atoms with Crippen LogP contribution in [0.2, 0.25) is 5.02 Å². The van der Waals surface area contributed by atoms with Crippen molar-refractivity contribution in [3.05, 3.63) is 57.5 Å². The first kappa shape index (κ1) is 16.0. The lowest BCUT2D eigenvalue weighted by molar-refractivity contribution is -0.122. The van der Waals surface area contributed by atoms with Gasteiger partial charge < -0.3 is 5.32 Å². The van der Waals surface area contributed by atoms with Crippen LogP contribution >= 0.6 is 39.3 Å². The van der Waals surface area contributed by atoms with Gasteiger partial charge in [0.25, 0.3) is 5.91 Å². The fraction of sp³-hybridized carbons (Fsp3) is 0.176. The lowest BCUT2D eigenvalue weighted by Gasteiger charge is -2.32. The number of nitrogens with zero attached hydrogens (tertiary/aromatic N) is 1. The Bertz CT molecular complexity index is 873. The maximum atomic E-state index is 12.9. The van der Waals surface area contributed by atoms with E-state index in [9.17, 15) is 9.59 Å². The first-order valence-corrected chi connectivity index (χ1v) is 9.37. The van der Waals surface area contributed by atoms with Crippen LogP contribution in [0.4, 0.5) is 11.4 Å². The van der Waals surface area contributed by atoms with E-state index in [0.717, 1.165) is 15.7 Å². The molecule has 2 heterocycles. The van der Waals surface area contributed by atoms with Gasteiger partial charge in [0.2, 0.25) is 10.8 Å². The zero-order chi connectivity index (χ0) is 17.1. The molecule has 122 valence electrons. The molecule has 2 aromatic rings. The summed E-state index contributed by atoms with van der Waals surface area (Å²) >= 11 is 10.8. The molecule has 0 aromatic heterocycles. The van der Waals surface area contributed by atoms with Crippen molar-refractivity contribution in [3.8, 4) is 0 Å². The molecule has 0 bridgehead atoms. The number of anilines is 2. The van der Waals surface area contributed by atoms with E-state index in [0.29, 0.717) is 10.7 Å². The minimum absolute atomic E-state index is 0.0923. The average molecular weight is 424 g/mol. The van der Waals surface area contributed by atoms with E-state index < -0.39 is 4.87 Å². The molecule has 1 spiro atoms. The zero-order valence-electron chi connectivity index (χ0n) is 12.5. The third-order valence-corrected chi connectivity index (χ3v) is 6.45. The number of hydrogen-bond acceptors (Lipinski definition) is 3. The largest absolute Gasteiger partial charge is 0.323 e. The number of hydrogen-bond donors (Lipinski definition) is 1. The second kappa shape index (κ2) is 5.51. The van der Waals surface area contributed by atoms with Gasteiger partial charge in [0.15, 0.2) is 0 Å². The van der Waals surface area contributed by atoms with Crippen LogP contribution < -0.4 is 10.2 Å². The van der Waals surface area contributed by atoms with Crippen LogP contribution in [-0.2, 0) is 14.5 Å². The van der Waals surface area contributed by atoms with Crippen LogP contribution in [0, 0.1) is 0 Å². The van der Waals surface area contributed by atoms with E-state index in [1.54, 1.807) is 29.2 Å². The van der Waals surface area contributed by atoms with Crippen molar-refractivity contribution >= 4 is 62.5 Å². The zero-order valence-corrected chi connectivity index (χ0v) is 15.7. The van der Waals surface area contributed by atoms with Gasteiger partial charge in [-0.25, -0.2) is 0 Å². The molecule has 2 aliphatic rings. The summed E-state index contributed by atoms with van der Waals surface area (Å²) in [5, 5.41) is 3.17. The predicted octanol–water partition coefficient (Wildman–Crippen LogP) is 4.38. The molecule has 4 rings (SSSR count). The molecular weight excluding hydrogens is 412 g/mol. The van der Waals surface area contributed by atoms with E-state index in [1.807, 2.05) is 25.1 Å². The molecule has 0 radical (unpaired) electrons. The number of amides is 2. The van der Waals surface area contributed by atoms with Gasteiger partial charge in [-0.15, -0.1) is 11.8 Å². The molecule has 1 saturated heterocycles. The Morgan fingerprint density at radius 1 is 1.21 bits per heavy atom. The average Bonchev–Trinajstić information content (AvgIpc) is 2.97.